The Labute approximate surface area is 111 Å². The quantitative estimate of drug-likeness (QED) is 0.833. The first kappa shape index (κ1) is 12.4. The Hall–Kier alpha value is -1.66. The molecule has 0 N–H and O–H groups in total. The van der Waals surface area contributed by atoms with E-state index in [-0.39, 0.29) is 6.04 Å². The van der Waals surface area contributed by atoms with Gasteiger partial charge >= 0.3 is 0 Å². The lowest BCUT2D eigenvalue weighted by Gasteiger charge is -2.26. The number of hydrogen-bond donors (Lipinski definition) is 0. The van der Waals surface area contributed by atoms with Gasteiger partial charge in [0.25, 0.3) is 0 Å². The molecule has 1 aromatic carbocycles. The summed E-state index contributed by atoms with van der Waals surface area (Å²) in [5.74, 6) is 0. The maximum absolute atomic E-state index is 11.4. The van der Waals surface area contributed by atoms with Gasteiger partial charge in [0.15, 0.2) is 9.84 Å². The molecular formula is C13H14N2O3S. The number of fused-ring (bicyclic) bond motifs is 1. The minimum absolute atomic E-state index is 0.0554. The first-order chi connectivity index (χ1) is 9.05. The topological polar surface area (TPSA) is 61.2 Å². The standard InChI is InChI=1S/C13H14N2O3S/c1-19(16,17)12-4-2-10(3-5-12)13-8-18-7-11-6-14-9-15(11)13/h2-6,9,13H,7-8H2,1H3. The molecule has 1 atom stereocenters. The van der Waals surface area contributed by atoms with Gasteiger partial charge < -0.3 is 9.30 Å². The highest BCUT2D eigenvalue weighted by atomic mass is 32.2. The van der Waals surface area contributed by atoms with Crippen molar-refractivity contribution < 1.29 is 13.2 Å². The van der Waals surface area contributed by atoms with Crippen molar-refractivity contribution >= 4 is 9.84 Å². The van der Waals surface area contributed by atoms with E-state index < -0.39 is 9.84 Å². The lowest BCUT2D eigenvalue weighted by atomic mass is 10.1. The molecule has 0 spiro atoms. The molecule has 1 aliphatic rings. The van der Waals surface area contributed by atoms with Crippen molar-refractivity contribution in [2.75, 3.05) is 12.9 Å². The van der Waals surface area contributed by atoms with E-state index in [1.54, 1.807) is 24.7 Å². The molecule has 19 heavy (non-hydrogen) atoms. The van der Waals surface area contributed by atoms with E-state index in [2.05, 4.69) is 9.55 Å². The van der Waals surface area contributed by atoms with Gasteiger partial charge in [-0.05, 0) is 17.7 Å². The molecule has 1 aromatic heterocycles. The van der Waals surface area contributed by atoms with E-state index >= 15 is 0 Å². The Morgan fingerprint density at radius 3 is 2.74 bits per heavy atom. The van der Waals surface area contributed by atoms with Gasteiger partial charge in [0.2, 0.25) is 0 Å². The molecule has 0 saturated carbocycles. The lowest BCUT2D eigenvalue weighted by Crippen LogP contribution is -2.23. The first-order valence-corrected chi connectivity index (χ1v) is 7.83. The van der Waals surface area contributed by atoms with Crippen LogP contribution in [0.4, 0.5) is 0 Å². The number of rotatable bonds is 2. The van der Waals surface area contributed by atoms with Gasteiger partial charge in [-0.25, -0.2) is 13.4 Å². The highest BCUT2D eigenvalue weighted by Gasteiger charge is 2.21. The highest BCUT2D eigenvalue weighted by Crippen LogP contribution is 2.26. The molecule has 2 heterocycles. The number of nitrogens with zero attached hydrogens (tertiary/aromatic N) is 2. The van der Waals surface area contributed by atoms with Crippen molar-refractivity contribution in [3.8, 4) is 0 Å². The van der Waals surface area contributed by atoms with E-state index in [0.29, 0.717) is 18.1 Å². The minimum Gasteiger partial charge on any atom is -0.373 e. The second-order valence-electron chi connectivity index (χ2n) is 4.66. The molecule has 2 aromatic rings. The number of sulfone groups is 1. The normalized spacial score (nSPS) is 19.1. The average Bonchev–Trinajstić information content (AvgIpc) is 2.86. The van der Waals surface area contributed by atoms with Gasteiger partial charge in [0.05, 0.1) is 42.4 Å². The van der Waals surface area contributed by atoms with Crippen LogP contribution in [-0.4, -0.2) is 30.8 Å². The molecule has 3 rings (SSSR count). The van der Waals surface area contributed by atoms with Crippen LogP contribution in [0.15, 0.2) is 41.7 Å². The summed E-state index contributed by atoms with van der Waals surface area (Å²) in [6.45, 7) is 1.14. The fraction of sp³-hybridized carbons (Fsp3) is 0.308. The predicted octanol–water partition coefficient (Wildman–Crippen LogP) is 1.41. The van der Waals surface area contributed by atoms with Gasteiger partial charge in [-0.1, -0.05) is 12.1 Å². The predicted molar refractivity (Wildman–Crippen MR) is 69.6 cm³/mol. The van der Waals surface area contributed by atoms with Gasteiger partial charge in [0.1, 0.15) is 0 Å². The zero-order valence-corrected chi connectivity index (χ0v) is 11.3. The van der Waals surface area contributed by atoms with E-state index in [4.69, 9.17) is 4.74 Å². The van der Waals surface area contributed by atoms with Crippen molar-refractivity contribution in [3.63, 3.8) is 0 Å². The summed E-state index contributed by atoms with van der Waals surface area (Å²) in [4.78, 5) is 4.46. The number of ether oxygens (including phenoxy) is 1. The van der Waals surface area contributed by atoms with Crippen molar-refractivity contribution in [2.24, 2.45) is 0 Å². The summed E-state index contributed by atoms with van der Waals surface area (Å²) < 4.78 is 30.5. The molecule has 0 radical (unpaired) electrons. The maximum atomic E-state index is 11.4. The van der Waals surface area contributed by atoms with Crippen molar-refractivity contribution in [2.45, 2.75) is 17.5 Å². The fourth-order valence-electron chi connectivity index (χ4n) is 2.27. The van der Waals surface area contributed by atoms with Crippen LogP contribution in [0.1, 0.15) is 17.3 Å². The van der Waals surface area contributed by atoms with Crippen LogP contribution in [0, 0.1) is 0 Å². The number of benzene rings is 1. The summed E-state index contributed by atoms with van der Waals surface area (Å²) >= 11 is 0. The Kier molecular flexibility index (Phi) is 2.91. The monoisotopic (exact) mass is 278 g/mol. The third kappa shape index (κ3) is 2.29. The van der Waals surface area contributed by atoms with Gasteiger partial charge in [-0.3, -0.25) is 0 Å². The van der Waals surface area contributed by atoms with Crippen molar-refractivity contribution in [1.29, 1.82) is 0 Å². The van der Waals surface area contributed by atoms with Crippen LogP contribution in [0.3, 0.4) is 0 Å². The Morgan fingerprint density at radius 1 is 1.32 bits per heavy atom. The molecular weight excluding hydrogens is 264 g/mol. The zero-order valence-electron chi connectivity index (χ0n) is 10.5. The molecule has 0 aliphatic carbocycles. The van der Waals surface area contributed by atoms with Crippen LogP contribution >= 0.6 is 0 Å². The van der Waals surface area contributed by atoms with Gasteiger partial charge in [-0.2, -0.15) is 0 Å². The Morgan fingerprint density at radius 2 is 2.05 bits per heavy atom. The summed E-state index contributed by atoms with van der Waals surface area (Å²) in [6, 6.07) is 6.99. The zero-order chi connectivity index (χ0) is 13.5. The van der Waals surface area contributed by atoms with Gasteiger partial charge in [-0.15, -0.1) is 0 Å². The molecule has 1 aliphatic heterocycles. The number of hydrogen-bond acceptors (Lipinski definition) is 4. The SMILES string of the molecule is CS(=O)(=O)c1ccc(C2COCc3cncn32)cc1. The van der Waals surface area contributed by atoms with E-state index in [9.17, 15) is 8.42 Å². The van der Waals surface area contributed by atoms with Crippen LogP contribution in [-0.2, 0) is 21.2 Å². The summed E-state index contributed by atoms with van der Waals surface area (Å²) in [5, 5.41) is 0. The van der Waals surface area contributed by atoms with Crippen molar-refractivity contribution in [3.05, 3.63) is 48.0 Å². The van der Waals surface area contributed by atoms with E-state index in [0.717, 1.165) is 11.3 Å². The summed E-state index contributed by atoms with van der Waals surface area (Å²) in [5.41, 5.74) is 2.05. The maximum Gasteiger partial charge on any atom is 0.175 e. The third-order valence-electron chi connectivity index (χ3n) is 3.30. The minimum atomic E-state index is -3.15. The van der Waals surface area contributed by atoms with Crippen LogP contribution in [0.2, 0.25) is 0 Å². The first-order valence-electron chi connectivity index (χ1n) is 5.94. The van der Waals surface area contributed by atoms with Crippen LogP contribution < -0.4 is 0 Å². The molecule has 6 heteroatoms. The lowest BCUT2D eigenvalue weighted by molar-refractivity contribution is 0.0695. The molecule has 0 saturated heterocycles. The highest BCUT2D eigenvalue weighted by molar-refractivity contribution is 7.90. The third-order valence-corrected chi connectivity index (χ3v) is 4.43. The van der Waals surface area contributed by atoms with E-state index in [1.807, 2.05) is 12.1 Å². The fourth-order valence-corrected chi connectivity index (χ4v) is 2.90. The van der Waals surface area contributed by atoms with Crippen molar-refractivity contribution in [1.82, 2.24) is 9.55 Å². The Balaban J connectivity index is 1.97. The molecule has 5 nitrogen and oxygen atoms in total. The average molecular weight is 278 g/mol. The van der Waals surface area contributed by atoms with Crippen LogP contribution in [0.5, 0.6) is 0 Å². The largest absolute Gasteiger partial charge is 0.373 e. The summed E-state index contributed by atoms with van der Waals surface area (Å²) in [6.07, 6.45) is 4.78. The van der Waals surface area contributed by atoms with Gasteiger partial charge in [0, 0.05) is 6.26 Å². The molecule has 0 fully saturated rings. The Bertz CT molecular complexity index is 689. The smallest absolute Gasteiger partial charge is 0.175 e. The molecule has 0 bridgehead atoms. The number of imidazole rings is 1. The van der Waals surface area contributed by atoms with E-state index in [1.165, 1.54) is 6.26 Å². The molecule has 0 amide bonds. The number of aromatic nitrogens is 2. The summed E-state index contributed by atoms with van der Waals surface area (Å²) in [7, 11) is -3.15. The molecule has 1 unspecified atom stereocenters. The second-order valence-corrected chi connectivity index (χ2v) is 6.68. The second kappa shape index (κ2) is 4.47. The molecule has 100 valence electrons. The van der Waals surface area contributed by atoms with Crippen LogP contribution in [0.25, 0.3) is 0 Å².